The van der Waals surface area contributed by atoms with Crippen molar-refractivity contribution in [3.63, 3.8) is 0 Å². The molecule has 0 bridgehead atoms. The second kappa shape index (κ2) is 5.30. The van der Waals surface area contributed by atoms with Gasteiger partial charge in [0, 0.05) is 6.07 Å². The molecule has 1 aromatic rings. The number of ether oxygens (including phenoxy) is 1. The minimum absolute atomic E-state index is 0.390. The fourth-order valence-corrected chi connectivity index (χ4v) is 1.91. The van der Waals surface area contributed by atoms with Crippen LogP contribution in [0, 0.1) is 11.8 Å². The van der Waals surface area contributed by atoms with Crippen molar-refractivity contribution in [2.24, 2.45) is 11.8 Å². The minimum Gasteiger partial charge on any atom is -0.476 e. The Morgan fingerprint density at radius 3 is 2.81 bits per heavy atom. The molecule has 86 valence electrons. The number of allylic oxidation sites excluding steroid dienone is 2. The van der Waals surface area contributed by atoms with Crippen molar-refractivity contribution in [3.05, 3.63) is 29.4 Å². The van der Waals surface area contributed by atoms with Crippen molar-refractivity contribution in [1.82, 2.24) is 10.2 Å². The van der Waals surface area contributed by atoms with Crippen LogP contribution in [0.5, 0.6) is 5.88 Å². The Bertz CT molecular complexity index is 364. The highest BCUT2D eigenvalue weighted by Gasteiger charge is 2.18. The lowest BCUT2D eigenvalue weighted by Gasteiger charge is -2.24. The lowest BCUT2D eigenvalue weighted by atomic mass is 9.85. The summed E-state index contributed by atoms with van der Waals surface area (Å²) in [5, 5.41) is 7.99. The molecule has 2 unspecified atom stereocenters. The molecule has 0 saturated heterocycles. The fraction of sp³-hybridized carbons (Fsp3) is 0.500. The quantitative estimate of drug-likeness (QED) is 0.759. The summed E-state index contributed by atoms with van der Waals surface area (Å²) < 4.78 is 5.60. The third kappa shape index (κ3) is 2.95. The summed E-state index contributed by atoms with van der Waals surface area (Å²) in [5.74, 6) is 1.79. The molecule has 0 N–H and O–H groups in total. The molecule has 1 aromatic heterocycles. The fourth-order valence-electron chi connectivity index (χ4n) is 1.81. The van der Waals surface area contributed by atoms with E-state index in [1.165, 1.54) is 0 Å². The second-order valence-electron chi connectivity index (χ2n) is 4.19. The van der Waals surface area contributed by atoms with Crippen LogP contribution in [0.1, 0.15) is 19.8 Å². The zero-order valence-corrected chi connectivity index (χ0v) is 10.0. The Morgan fingerprint density at radius 1 is 1.31 bits per heavy atom. The SMILES string of the molecule is CC1CC=CCC1COc1ccc(Cl)nn1. The van der Waals surface area contributed by atoms with Crippen LogP contribution in [-0.4, -0.2) is 16.8 Å². The first kappa shape index (κ1) is 11.4. The summed E-state index contributed by atoms with van der Waals surface area (Å²) in [7, 11) is 0. The van der Waals surface area contributed by atoms with Crippen molar-refractivity contribution >= 4 is 11.6 Å². The maximum atomic E-state index is 5.65. The van der Waals surface area contributed by atoms with Gasteiger partial charge in [-0.25, -0.2) is 0 Å². The molecule has 0 amide bonds. The van der Waals surface area contributed by atoms with E-state index in [1.807, 2.05) is 0 Å². The largest absolute Gasteiger partial charge is 0.476 e. The van der Waals surface area contributed by atoms with Gasteiger partial charge >= 0.3 is 0 Å². The topological polar surface area (TPSA) is 35.0 Å². The molecule has 2 atom stereocenters. The van der Waals surface area contributed by atoms with Gasteiger partial charge in [-0.2, -0.15) is 0 Å². The van der Waals surface area contributed by atoms with Crippen LogP contribution >= 0.6 is 11.6 Å². The normalized spacial score (nSPS) is 24.4. The molecule has 4 heteroatoms. The van der Waals surface area contributed by atoms with Crippen LogP contribution in [0.2, 0.25) is 5.15 Å². The van der Waals surface area contributed by atoms with E-state index in [4.69, 9.17) is 16.3 Å². The van der Waals surface area contributed by atoms with Crippen molar-refractivity contribution in [1.29, 1.82) is 0 Å². The van der Waals surface area contributed by atoms with Crippen LogP contribution in [0.3, 0.4) is 0 Å². The molecule has 16 heavy (non-hydrogen) atoms. The monoisotopic (exact) mass is 238 g/mol. The Kier molecular flexibility index (Phi) is 3.78. The van der Waals surface area contributed by atoms with Gasteiger partial charge in [0.05, 0.1) is 6.61 Å². The highest BCUT2D eigenvalue weighted by Crippen LogP contribution is 2.25. The van der Waals surface area contributed by atoms with E-state index < -0.39 is 0 Å². The number of hydrogen-bond donors (Lipinski definition) is 0. The second-order valence-corrected chi connectivity index (χ2v) is 4.57. The number of halogens is 1. The van der Waals surface area contributed by atoms with E-state index in [1.54, 1.807) is 12.1 Å². The van der Waals surface area contributed by atoms with Gasteiger partial charge in [0.15, 0.2) is 5.15 Å². The Morgan fingerprint density at radius 2 is 2.12 bits per heavy atom. The maximum absolute atomic E-state index is 5.65. The van der Waals surface area contributed by atoms with Crippen LogP contribution in [0.15, 0.2) is 24.3 Å². The standard InChI is InChI=1S/C12H15ClN2O/c1-9-4-2-3-5-10(9)8-16-12-7-6-11(13)14-15-12/h2-3,6-7,9-10H,4-5,8H2,1H3. The van der Waals surface area contributed by atoms with Crippen LogP contribution in [-0.2, 0) is 0 Å². The molecule has 1 aliphatic rings. The number of rotatable bonds is 3. The van der Waals surface area contributed by atoms with Crippen LogP contribution < -0.4 is 4.74 Å². The third-order valence-corrected chi connectivity index (χ3v) is 3.17. The lowest BCUT2D eigenvalue weighted by molar-refractivity contribution is 0.191. The Balaban J connectivity index is 1.87. The predicted octanol–water partition coefficient (Wildman–Crippen LogP) is 3.11. The Labute approximate surface area is 100 Å². The van der Waals surface area contributed by atoms with Gasteiger partial charge in [-0.1, -0.05) is 30.7 Å². The molecule has 0 fully saturated rings. The summed E-state index contributed by atoms with van der Waals surface area (Å²) in [5.41, 5.74) is 0. The molecule has 0 aromatic carbocycles. The molecule has 0 radical (unpaired) electrons. The summed E-state index contributed by atoms with van der Waals surface area (Å²) >= 11 is 5.65. The molecule has 0 aliphatic heterocycles. The van der Waals surface area contributed by atoms with Gasteiger partial charge in [0.25, 0.3) is 0 Å². The molecule has 0 spiro atoms. The summed E-state index contributed by atoms with van der Waals surface area (Å²) in [6, 6.07) is 3.44. The van der Waals surface area contributed by atoms with Gasteiger partial charge in [-0.05, 0) is 30.7 Å². The maximum Gasteiger partial charge on any atom is 0.233 e. The van der Waals surface area contributed by atoms with Crippen molar-refractivity contribution in [2.75, 3.05) is 6.61 Å². The number of hydrogen-bond acceptors (Lipinski definition) is 3. The average molecular weight is 239 g/mol. The summed E-state index contributed by atoms with van der Waals surface area (Å²) in [4.78, 5) is 0. The molecule has 1 aliphatic carbocycles. The van der Waals surface area contributed by atoms with Crippen LogP contribution in [0.25, 0.3) is 0 Å². The van der Waals surface area contributed by atoms with Crippen molar-refractivity contribution in [2.45, 2.75) is 19.8 Å². The highest BCUT2D eigenvalue weighted by atomic mass is 35.5. The first-order chi connectivity index (χ1) is 7.75. The first-order valence-corrected chi connectivity index (χ1v) is 5.90. The number of aromatic nitrogens is 2. The molecular formula is C12H15ClN2O. The van der Waals surface area contributed by atoms with Gasteiger partial charge in [-0.3, -0.25) is 0 Å². The first-order valence-electron chi connectivity index (χ1n) is 5.52. The Hall–Kier alpha value is -1.09. The minimum atomic E-state index is 0.390. The molecule has 1 heterocycles. The van der Waals surface area contributed by atoms with Crippen molar-refractivity contribution < 1.29 is 4.74 Å². The summed E-state index contributed by atoms with van der Waals surface area (Å²) in [6.07, 6.45) is 6.69. The highest BCUT2D eigenvalue weighted by molar-refractivity contribution is 6.29. The third-order valence-electron chi connectivity index (χ3n) is 2.97. The number of nitrogens with zero attached hydrogens (tertiary/aromatic N) is 2. The van der Waals surface area contributed by atoms with Crippen molar-refractivity contribution in [3.8, 4) is 5.88 Å². The van der Waals surface area contributed by atoms with E-state index >= 15 is 0 Å². The zero-order chi connectivity index (χ0) is 11.4. The van der Waals surface area contributed by atoms with E-state index in [9.17, 15) is 0 Å². The molecular weight excluding hydrogens is 224 g/mol. The van der Waals surface area contributed by atoms with E-state index in [2.05, 4.69) is 29.3 Å². The smallest absolute Gasteiger partial charge is 0.233 e. The van der Waals surface area contributed by atoms with E-state index in [-0.39, 0.29) is 0 Å². The molecule has 0 saturated carbocycles. The van der Waals surface area contributed by atoms with Gasteiger partial charge in [-0.15, -0.1) is 10.2 Å². The zero-order valence-electron chi connectivity index (χ0n) is 9.27. The van der Waals surface area contributed by atoms with Gasteiger partial charge in [0.1, 0.15) is 0 Å². The summed E-state index contributed by atoms with van der Waals surface area (Å²) in [6.45, 7) is 2.95. The molecule has 3 nitrogen and oxygen atoms in total. The van der Waals surface area contributed by atoms with Crippen LogP contribution in [0.4, 0.5) is 0 Å². The molecule has 2 rings (SSSR count). The van der Waals surface area contributed by atoms with Gasteiger partial charge in [0.2, 0.25) is 5.88 Å². The van der Waals surface area contributed by atoms with E-state index in [0.29, 0.717) is 29.5 Å². The van der Waals surface area contributed by atoms with Gasteiger partial charge < -0.3 is 4.74 Å². The lowest BCUT2D eigenvalue weighted by Crippen LogP contribution is -2.21. The van der Waals surface area contributed by atoms with E-state index in [0.717, 1.165) is 12.8 Å². The predicted molar refractivity (Wildman–Crippen MR) is 63.6 cm³/mol. The average Bonchev–Trinajstić information content (AvgIpc) is 2.30.